The van der Waals surface area contributed by atoms with Crippen molar-refractivity contribution >= 4 is 33.2 Å². The first-order valence-electron chi connectivity index (χ1n) is 8.06. The number of sulfonamides is 1. The Kier molecular flexibility index (Phi) is 5.83. The van der Waals surface area contributed by atoms with Crippen LogP contribution >= 0.6 is 11.6 Å². The van der Waals surface area contributed by atoms with Gasteiger partial charge in [0, 0.05) is 10.7 Å². The molecule has 0 spiro atoms. The third kappa shape index (κ3) is 4.96. The number of anilines is 1. The van der Waals surface area contributed by atoms with Crippen LogP contribution in [0.3, 0.4) is 0 Å². The van der Waals surface area contributed by atoms with Crippen LogP contribution in [0.2, 0.25) is 5.02 Å². The summed E-state index contributed by atoms with van der Waals surface area (Å²) in [5.74, 6) is -2.84. The minimum atomic E-state index is -4.90. The average molecular weight is 461 g/mol. The molecule has 3 aromatic rings. The van der Waals surface area contributed by atoms with Gasteiger partial charge in [-0.25, -0.2) is 13.6 Å². The maximum absolute atomic E-state index is 12.7. The summed E-state index contributed by atoms with van der Waals surface area (Å²) in [5, 5.41) is 14.1. The highest BCUT2D eigenvalue weighted by molar-refractivity contribution is 7.89. The summed E-state index contributed by atoms with van der Waals surface area (Å²) in [6.07, 6.45) is -5.00. The molecule has 0 aliphatic carbocycles. The molecule has 0 bridgehead atoms. The molecule has 0 fully saturated rings. The topological polar surface area (TPSA) is 128 Å². The van der Waals surface area contributed by atoms with Crippen molar-refractivity contribution in [1.82, 2.24) is 10.2 Å². The molecule has 0 aliphatic heterocycles. The van der Waals surface area contributed by atoms with Gasteiger partial charge in [-0.15, -0.1) is 10.2 Å². The van der Waals surface area contributed by atoms with E-state index in [1.54, 1.807) is 24.3 Å². The van der Waals surface area contributed by atoms with E-state index >= 15 is 0 Å². The van der Waals surface area contributed by atoms with Gasteiger partial charge >= 0.3 is 12.1 Å². The summed E-state index contributed by atoms with van der Waals surface area (Å²) >= 11 is 6.00. The van der Waals surface area contributed by atoms with Gasteiger partial charge in [0.05, 0.1) is 16.9 Å². The molecule has 0 radical (unpaired) electrons. The molecule has 158 valence electrons. The predicted molar refractivity (Wildman–Crippen MR) is 99.9 cm³/mol. The number of carbonyl (C=O) groups excluding carboxylic acids is 1. The van der Waals surface area contributed by atoms with Crippen molar-refractivity contribution in [1.29, 1.82) is 0 Å². The molecule has 1 aromatic heterocycles. The zero-order valence-electron chi connectivity index (χ0n) is 14.8. The smallest absolute Gasteiger partial charge is 0.413 e. The monoisotopic (exact) mass is 460 g/mol. The number of aromatic nitrogens is 2. The summed E-state index contributed by atoms with van der Waals surface area (Å²) in [6.45, 7) is 0. The van der Waals surface area contributed by atoms with Gasteiger partial charge in [0.15, 0.2) is 0 Å². The molecule has 1 heterocycles. The fourth-order valence-electron chi connectivity index (χ4n) is 2.48. The number of benzene rings is 2. The van der Waals surface area contributed by atoms with Crippen molar-refractivity contribution in [3.05, 3.63) is 58.9 Å². The first kappa shape index (κ1) is 21.7. The van der Waals surface area contributed by atoms with E-state index in [4.69, 9.17) is 16.7 Å². The molecule has 0 atom stereocenters. The van der Waals surface area contributed by atoms with Gasteiger partial charge in [-0.3, -0.25) is 4.79 Å². The molecule has 8 nitrogen and oxygen atoms in total. The number of hydrogen-bond acceptors (Lipinski definition) is 6. The molecule has 3 N–H and O–H groups in total. The second kappa shape index (κ2) is 8.05. The lowest BCUT2D eigenvalue weighted by Crippen LogP contribution is -2.17. The van der Waals surface area contributed by atoms with Gasteiger partial charge in [-0.2, -0.15) is 13.2 Å². The van der Waals surface area contributed by atoms with Gasteiger partial charge in [0.25, 0.3) is 0 Å². The summed E-state index contributed by atoms with van der Waals surface area (Å²) in [7, 11) is -4.41. The molecule has 0 saturated carbocycles. The maximum Gasteiger partial charge on any atom is 0.470 e. The lowest BCUT2D eigenvalue weighted by Gasteiger charge is -2.10. The van der Waals surface area contributed by atoms with Crippen molar-refractivity contribution in [2.45, 2.75) is 17.5 Å². The van der Waals surface area contributed by atoms with Crippen LogP contribution in [-0.2, 0) is 27.4 Å². The number of hydrogen-bond donors (Lipinski definition) is 2. The van der Waals surface area contributed by atoms with E-state index in [2.05, 4.69) is 19.9 Å². The predicted octanol–water partition coefficient (Wildman–Crippen LogP) is 3.24. The quantitative estimate of drug-likeness (QED) is 0.601. The highest BCUT2D eigenvalue weighted by atomic mass is 35.5. The van der Waals surface area contributed by atoms with E-state index in [1.807, 2.05) is 0 Å². The Morgan fingerprint density at radius 2 is 1.87 bits per heavy atom. The molecule has 0 saturated heterocycles. The standard InChI is InChI=1S/C17H12ClF3N4O4S/c18-12-4-2-1-3-9(12)7-14(26)23-10-5-6-11(13(8-10)30(22,27)28)15-24-25-16(29-15)17(19,20)21/h1-6,8H,7H2,(H,23,26)(H2,22,27,28). The Balaban J connectivity index is 1.91. The Morgan fingerprint density at radius 3 is 2.47 bits per heavy atom. The molecule has 2 aromatic carbocycles. The number of amides is 1. The third-order valence-corrected chi connectivity index (χ3v) is 5.10. The van der Waals surface area contributed by atoms with Crippen molar-refractivity contribution in [2.75, 3.05) is 5.32 Å². The molecular weight excluding hydrogens is 449 g/mol. The Bertz CT molecular complexity index is 1210. The highest BCUT2D eigenvalue weighted by Crippen LogP contribution is 2.33. The van der Waals surface area contributed by atoms with Crippen molar-refractivity contribution in [3.63, 3.8) is 0 Å². The summed E-state index contributed by atoms with van der Waals surface area (Å²) in [5.41, 5.74) is 0.241. The molecule has 13 heteroatoms. The second-order valence-electron chi connectivity index (χ2n) is 5.98. The Morgan fingerprint density at radius 1 is 1.17 bits per heavy atom. The van der Waals surface area contributed by atoms with E-state index in [1.165, 1.54) is 6.07 Å². The highest BCUT2D eigenvalue weighted by Gasteiger charge is 2.38. The van der Waals surface area contributed by atoms with Crippen molar-refractivity contribution in [3.8, 4) is 11.5 Å². The number of primary sulfonamides is 1. The molecule has 3 rings (SSSR count). The van der Waals surface area contributed by atoms with Gasteiger partial charge in [0.1, 0.15) is 0 Å². The molecule has 0 unspecified atom stereocenters. The lowest BCUT2D eigenvalue weighted by molar-refractivity contribution is -0.157. The fourth-order valence-corrected chi connectivity index (χ4v) is 3.43. The zero-order valence-corrected chi connectivity index (χ0v) is 16.3. The molecular formula is C17H12ClF3N4O4S. The van der Waals surface area contributed by atoms with Gasteiger partial charge in [-0.1, -0.05) is 29.8 Å². The first-order valence-corrected chi connectivity index (χ1v) is 9.99. The van der Waals surface area contributed by atoms with E-state index < -0.39 is 38.8 Å². The molecule has 1 amide bonds. The number of halogens is 4. The van der Waals surface area contributed by atoms with Crippen LogP contribution in [0.5, 0.6) is 0 Å². The van der Waals surface area contributed by atoms with Gasteiger partial charge < -0.3 is 9.73 Å². The minimum absolute atomic E-state index is 0.0374. The normalized spacial score (nSPS) is 12.0. The Hall–Kier alpha value is -2.96. The lowest BCUT2D eigenvalue weighted by atomic mass is 10.1. The average Bonchev–Trinajstić information content (AvgIpc) is 3.13. The van der Waals surface area contributed by atoms with Crippen molar-refractivity contribution in [2.24, 2.45) is 5.14 Å². The number of nitrogens with one attached hydrogen (secondary N) is 1. The number of nitrogens with two attached hydrogens (primary N) is 1. The number of nitrogens with zero attached hydrogens (tertiary/aromatic N) is 2. The van der Waals surface area contributed by atoms with Crippen LogP contribution in [0.15, 0.2) is 51.8 Å². The number of carbonyl (C=O) groups is 1. The van der Waals surface area contributed by atoms with Crippen LogP contribution in [0.4, 0.5) is 18.9 Å². The third-order valence-electron chi connectivity index (χ3n) is 3.78. The SMILES string of the molecule is NS(=O)(=O)c1cc(NC(=O)Cc2ccccc2Cl)ccc1-c1nnc(C(F)(F)F)o1. The first-order chi connectivity index (χ1) is 13.9. The van der Waals surface area contributed by atoms with Crippen LogP contribution in [-0.4, -0.2) is 24.5 Å². The van der Waals surface area contributed by atoms with Crippen LogP contribution < -0.4 is 10.5 Å². The largest absolute Gasteiger partial charge is 0.470 e. The number of alkyl halides is 3. The second-order valence-corrected chi connectivity index (χ2v) is 7.92. The van der Waals surface area contributed by atoms with Gasteiger partial charge in [-0.05, 0) is 29.8 Å². The summed E-state index contributed by atoms with van der Waals surface area (Å²) in [6, 6.07) is 9.98. The maximum atomic E-state index is 12.7. The van der Waals surface area contributed by atoms with E-state index in [0.29, 0.717) is 10.6 Å². The van der Waals surface area contributed by atoms with Crippen LogP contribution in [0.1, 0.15) is 11.5 Å². The molecule has 0 aliphatic rings. The van der Waals surface area contributed by atoms with Crippen LogP contribution in [0, 0.1) is 0 Å². The minimum Gasteiger partial charge on any atom is -0.413 e. The molecule has 30 heavy (non-hydrogen) atoms. The van der Waals surface area contributed by atoms with Gasteiger partial charge in [0.2, 0.25) is 21.8 Å². The zero-order chi connectivity index (χ0) is 22.1. The summed E-state index contributed by atoms with van der Waals surface area (Å²) in [4.78, 5) is 11.6. The Labute approximate surface area is 172 Å². The summed E-state index contributed by atoms with van der Waals surface area (Å²) < 4.78 is 66.4. The van der Waals surface area contributed by atoms with E-state index in [0.717, 1.165) is 12.1 Å². The van der Waals surface area contributed by atoms with Crippen molar-refractivity contribution < 1.29 is 30.8 Å². The number of rotatable bonds is 5. The van der Waals surface area contributed by atoms with E-state index in [9.17, 15) is 26.4 Å². The fraction of sp³-hybridized carbons (Fsp3) is 0.118. The van der Waals surface area contributed by atoms with Crippen LogP contribution in [0.25, 0.3) is 11.5 Å². The van der Waals surface area contributed by atoms with E-state index in [-0.39, 0.29) is 17.7 Å².